The molecule has 3 aliphatic rings. The predicted molar refractivity (Wildman–Crippen MR) is 125 cm³/mol. The molecule has 0 bridgehead atoms. The van der Waals surface area contributed by atoms with Gasteiger partial charge in [0.05, 0.1) is 32.2 Å². The number of aromatic hydroxyl groups is 1. The highest BCUT2D eigenvalue weighted by atomic mass is 16.5. The van der Waals surface area contributed by atoms with Gasteiger partial charge in [0.15, 0.2) is 11.6 Å². The molecule has 1 saturated carbocycles. The van der Waals surface area contributed by atoms with Crippen molar-refractivity contribution in [3.8, 4) is 17.2 Å². The van der Waals surface area contributed by atoms with Crippen LogP contribution in [0.3, 0.4) is 0 Å². The second-order valence-electron chi connectivity index (χ2n) is 9.60. The Hall–Kier alpha value is -3.82. The number of fused-ring (bicyclic) bond motifs is 4. The average molecular weight is 482 g/mol. The molecule has 0 spiro atoms. The fourth-order valence-corrected chi connectivity index (χ4v) is 6.24. The van der Waals surface area contributed by atoms with E-state index in [1.54, 1.807) is 19.9 Å². The molecule has 1 aromatic carbocycles. The lowest BCUT2D eigenvalue weighted by Crippen LogP contribution is -2.54. The zero-order chi connectivity index (χ0) is 25.4. The number of aromatic nitrogens is 3. The van der Waals surface area contributed by atoms with Gasteiger partial charge in [-0.2, -0.15) is 0 Å². The number of Topliss-reactive ketones (excluding diaryl/α,β-unsaturated/α-hetero) is 1. The molecule has 1 aromatic heterocycles. The lowest BCUT2D eigenvalue weighted by atomic mass is 9.50. The van der Waals surface area contributed by atoms with Crippen LogP contribution in [0.2, 0.25) is 0 Å². The van der Waals surface area contributed by atoms with Crippen LogP contribution in [0.25, 0.3) is 0 Å². The fourth-order valence-electron chi connectivity index (χ4n) is 6.24. The van der Waals surface area contributed by atoms with Crippen molar-refractivity contribution in [2.45, 2.75) is 38.8 Å². The number of phenolic OH excluding ortho intramolecular Hbond substituents is 1. The summed E-state index contributed by atoms with van der Waals surface area (Å²) in [5, 5.41) is 11.2. The van der Waals surface area contributed by atoms with Gasteiger partial charge in [0, 0.05) is 36.6 Å². The highest BCUT2D eigenvalue weighted by molar-refractivity contribution is 6.13. The Kier molecular flexibility index (Phi) is 4.98. The van der Waals surface area contributed by atoms with Crippen molar-refractivity contribution in [2.75, 3.05) is 14.2 Å². The Bertz CT molecular complexity index is 1470. The van der Waals surface area contributed by atoms with Gasteiger partial charge < -0.3 is 14.6 Å². The Morgan fingerprint density at radius 3 is 2.46 bits per heavy atom. The van der Waals surface area contributed by atoms with E-state index in [1.807, 2.05) is 6.08 Å². The molecule has 4 atom stereocenters. The van der Waals surface area contributed by atoms with E-state index in [4.69, 9.17) is 9.47 Å². The van der Waals surface area contributed by atoms with E-state index in [-0.39, 0.29) is 30.3 Å². The Balaban J connectivity index is 1.84. The number of allylic oxidation sites excluding steroid dienone is 4. The van der Waals surface area contributed by atoms with Gasteiger partial charge in [0.25, 0.3) is 0 Å². The third kappa shape index (κ3) is 2.88. The van der Waals surface area contributed by atoms with Crippen molar-refractivity contribution >= 4 is 11.6 Å². The monoisotopic (exact) mass is 481 g/mol. The van der Waals surface area contributed by atoms with Gasteiger partial charge in [-0.25, -0.2) is 23.5 Å². The molecule has 0 unspecified atom stereocenters. The van der Waals surface area contributed by atoms with Crippen LogP contribution in [0.5, 0.6) is 17.2 Å². The third-order valence-electron chi connectivity index (χ3n) is 7.93. The Morgan fingerprint density at radius 1 is 1.09 bits per heavy atom. The molecule has 1 aliphatic heterocycles. The summed E-state index contributed by atoms with van der Waals surface area (Å²) in [7, 11) is 4.32. The van der Waals surface area contributed by atoms with E-state index in [1.165, 1.54) is 42.8 Å². The summed E-state index contributed by atoms with van der Waals surface area (Å²) in [5.74, 6) is -1.47. The number of hydrogen-bond acceptors (Lipinski definition) is 7. The van der Waals surface area contributed by atoms with Gasteiger partial charge in [-0.1, -0.05) is 13.0 Å². The quantitative estimate of drug-likeness (QED) is 0.659. The number of benzene rings is 1. The standard InChI is InChI=1S/C25H27N3O7/c1-12-8-17(29)15-11-16-14(6-7-27-23(32)26(3)24(33)28(16)27)21(25(15,2)22(12)31)20-18(30)9-13(34-4)10-19(20)35-5/h6,8-10,15-16,21,30H,7,11H2,1-5H3/t15-,16+,21+,25+/m0/s1. The van der Waals surface area contributed by atoms with Crippen LogP contribution in [0.1, 0.15) is 37.8 Å². The second kappa shape index (κ2) is 7.59. The topological polar surface area (TPSA) is 122 Å². The van der Waals surface area contributed by atoms with Gasteiger partial charge in [0.1, 0.15) is 17.2 Å². The van der Waals surface area contributed by atoms with E-state index in [2.05, 4.69) is 0 Å². The first-order chi connectivity index (χ1) is 16.6. The molecule has 0 radical (unpaired) electrons. The van der Waals surface area contributed by atoms with E-state index < -0.39 is 34.7 Å². The van der Waals surface area contributed by atoms with Gasteiger partial charge in [0.2, 0.25) is 0 Å². The van der Waals surface area contributed by atoms with E-state index in [0.717, 1.165) is 4.57 Å². The van der Waals surface area contributed by atoms with Crippen LogP contribution in [0, 0.1) is 11.3 Å². The first-order valence-electron chi connectivity index (χ1n) is 11.4. The molecule has 5 rings (SSSR count). The molecule has 184 valence electrons. The molecular weight excluding hydrogens is 454 g/mol. The maximum atomic E-state index is 13.8. The van der Waals surface area contributed by atoms with Crippen molar-refractivity contribution in [2.24, 2.45) is 18.4 Å². The Morgan fingerprint density at radius 2 is 1.80 bits per heavy atom. The second-order valence-corrected chi connectivity index (χ2v) is 9.60. The Labute approximate surface area is 200 Å². The zero-order valence-electron chi connectivity index (χ0n) is 20.2. The molecule has 0 saturated heterocycles. The molecule has 10 nitrogen and oxygen atoms in total. The highest BCUT2D eigenvalue weighted by Crippen LogP contribution is 2.62. The summed E-state index contributed by atoms with van der Waals surface area (Å²) < 4.78 is 14.7. The van der Waals surface area contributed by atoms with Crippen molar-refractivity contribution in [3.05, 3.63) is 62.0 Å². The number of phenols is 1. The summed E-state index contributed by atoms with van der Waals surface area (Å²) in [6, 6.07) is 2.40. The summed E-state index contributed by atoms with van der Waals surface area (Å²) in [6.07, 6.45) is 3.36. The minimum absolute atomic E-state index is 0.119. The first-order valence-corrected chi connectivity index (χ1v) is 11.4. The molecule has 1 N–H and O–H groups in total. The number of ketones is 2. The molecule has 35 heavy (non-hydrogen) atoms. The van der Waals surface area contributed by atoms with Crippen molar-refractivity contribution < 1.29 is 24.2 Å². The van der Waals surface area contributed by atoms with Crippen molar-refractivity contribution in [3.63, 3.8) is 0 Å². The molecule has 2 heterocycles. The summed E-state index contributed by atoms with van der Waals surface area (Å²) in [4.78, 5) is 52.8. The van der Waals surface area contributed by atoms with Gasteiger partial charge >= 0.3 is 11.4 Å². The molecular formula is C25H27N3O7. The molecule has 2 aromatic rings. The predicted octanol–water partition coefficient (Wildman–Crippen LogP) is 1.46. The van der Waals surface area contributed by atoms with E-state index in [9.17, 15) is 24.3 Å². The van der Waals surface area contributed by atoms with Crippen LogP contribution in [-0.4, -0.2) is 44.8 Å². The first kappa shape index (κ1) is 22.9. The van der Waals surface area contributed by atoms with E-state index >= 15 is 0 Å². The smallest absolute Gasteiger partial charge is 0.347 e. The number of rotatable bonds is 3. The SMILES string of the molecule is COc1cc(O)c([C@H]2C3=CCn4c(=O)n(C)c(=O)n4[C@@H]3C[C@H]3C(=O)C=C(C)C(=O)[C@@]23C)c(OC)c1. The van der Waals surface area contributed by atoms with Crippen LogP contribution < -0.4 is 20.9 Å². The van der Waals surface area contributed by atoms with Crippen molar-refractivity contribution in [1.29, 1.82) is 0 Å². The highest BCUT2D eigenvalue weighted by Gasteiger charge is 2.60. The maximum Gasteiger partial charge on any atom is 0.347 e. The third-order valence-corrected chi connectivity index (χ3v) is 7.93. The zero-order valence-corrected chi connectivity index (χ0v) is 20.2. The molecule has 0 amide bonds. The minimum Gasteiger partial charge on any atom is -0.507 e. The summed E-state index contributed by atoms with van der Waals surface area (Å²) in [6.45, 7) is 3.48. The van der Waals surface area contributed by atoms with Crippen LogP contribution in [-0.2, 0) is 23.2 Å². The van der Waals surface area contributed by atoms with Gasteiger partial charge in [-0.3, -0.25) is 9.59 Å². The fraction of sp³-hybridized carbons (Fsp3) is 0.440. The lowest BCUT2D eigenvalue weighted by Gasteiger charge is -2.52. The average Bonchev–Trinajstić information content (AvgIpc) is 3.06. The molecule has 10 heteroatoms. The number of hydrogen-bond donors (Lipinski definition) is 1. The maximum absolute atomic E-state index is 13.8. The number of nitrogens with zero attached hydrogens (tertiary/aromatic N) is 3. The number of carbonyl (C=O) groups is 2. The largest absolute Gasteiger partial charge is 0.507 e. The van der Waals surface area contributed by atoms with Crippen LogP contribution >= 0.6 is 0 Å². The van der Waals surface area contributed by atoms with Gasteiger partial charge in [-0.15, -0.1) is 0 Å². The van der Waals surface area contributed by atoms with Crippen LogP contribution in [0.15, 0.2) is 45.0 Å². The lowest BCUT2D eigenvalue weighted by molar-refractivity contribution is -0.139. The minimum atomic E-state index is -1.24. The van der Waals surface area contributed by atoms with Crippen molar-refractivity contribution in [1.82, 2.24) is 13.9 Å². The molecule has 2 aliphatic carbocycles. The van der Waals surface area contributed by atoms with Gasteiger partial charge in [-0.05, 0) is 30.6 Å². The summed E-state index contributed by atoms with van der Waals surface area (Å²) in [5.41, 5.74) is -0.826. The number of ether oxygens (including phenoxy) is 2. The van der Waals surface area contributed by atoms with Crippen LogP contribution in [0.4, 0.5) is 0 Å². The number of carbonyl (C=O) groups excluding carboxylic acids is 2. The molecule has 1 fully saturated rings. The summed E-state index contributed by atoms with van der Waals surface area (Å²) >= 11 is 0. The normalized spacial score (nSPS) is 27.4. The van der Waals surface area contributed by atoms with E-state index in [0.29, 0.717) is 28.2 Å². The number of methoxy groups -OCH3 is 2.